The third-order valence-electron chi connectivity index (χ3n) is 4.38. The summed E-state index contributed by atoms with van der Waals surface area (Å²) in [6, 6.07) is 14.1. The molecule has 0 bridgehead atoms. The van der Waals surface area contributed by atoms with Crippen LogP contribution in [0.2, 0.25) is 5.02 Å². The molecule has 1 aromatic carbocycles. The van der Waals surface area contributed by atoms with E-state index in [2.05, 4.69) is 20.4 Å². The molecule has 0 radical (unpaired) electrons. The molecule has 30 heavy (non-hydrogen) atoms. The maximum absolute atomic E-state index is 12.8. The van der Waals surface area contributed by atoms with Gasteiger partial charge in [0.1, 0.15) is 5.82 Å². The monoisotopic (exact) mass is 429 g/mol. The Morgan fingerprint density at radius 3 is 2.43 bits per heavy atom. The second kappa shape index (κ2) is 8.16. The van der Waals surface area contributed by atoms with Crippen molar-refractivity contribution in [1.29, 1.82) is 0 Å². The Morgan fingerprint density at radius 2 is 1.77 bits per heavy atom. The number of para-hydroxylation sites is 1. The van der Waals surface area contributed by atoms with Crippen molar-refractivity contribution >= 4 is 17.4 Å². The number of hydrogen-bond acceptors (Lipinski definition) is 4. The first-order valence-electron chi connectivity index (χ1n) is 8.93. The SMILES string of the molecule is FC(F)(F)c1cnc(NCc2cn(-c3ccccc3)nc2-c2ccncc2)c(Cl)c1. The van der Waals surface area contributed by atoms with Gasteiger partial charge in [-0.1, -0.05) is 29.8 Å². The molecular weight excluding hydrogens is 415 g/mol. The topological polar surface area (TPSA) is 55.6 Å². The van der Waals surface area contributed by atoms with Gasteiger partial charge in [0.25, 0.3) is 0 Å². The molecule has 0 unspecified atom stereocenters. The molecule has 5 nitrogen and oxygen atoms in total. The number of anilines is 1. The number of nitrogens with zero attached hydrogens (tertiary/aromatic N) is 4. The molecule has 9 heteroatoms. The van der Waals surface area contributed by atoms with E-state index in [1.54, 1.807) is 17.1 Å². The molecule has 0 aliphatic rings. The molecule has 0 saturated heterocycles. The van der Waals surface area contributed by atoms with Gasteiger partial charge in [-0.05, 0) is 30.3 Å². The zero-order valence-electron chi connectivity index (χ0n) is 15.4. The number of rotatable bonds is 5. The van der Waals surface area contributed by atoms with Crippen molar-refractivity contribution in [2.45, 2.75) is 12.7 Å². The summed E-state index contributed by atoms with van der Waals surface area (Å²) >= 11 is 6.01. The quantitative estimate of drug-likeness (QED) is 0.447. The van der Waals surface area contributed by atoms with Gasteiger partial charge in [0.05, 0.1) is 22.0 Å². The van der Waals surface area contributed by atoms with Crippen molar-refractivity contribution in [3.8, 4) is 16.9 Å². The van der Waals surface area contributed by atoms with Crippen LogP contribution in [-0.4, -0.2) is 19.7 Å². The van der Waals surface area contributed by atoms with E-state index in [1.165, 1.54) is 0 Å². The summed E-state index contributed by atoms with van der Waals surface area (Å²) in [6.45, 7) is 0.266. The zero-order valence-corrected chi connectivity index (χ0v) is 16.2. The molecule has 0 spiro atoms. The lowest BCUT2D eigenvalue weighted by Gasteiger charge is -2.11. The molecule has 3 heterocycles. The molecule has 0 atom stereocenters. The van der Waals surface area contributed by atoms with Crippen LogP contribution in [0.25, 0.3) is 16.9 Å². The zero-order chi connectivity index (χ0) is 21.1. The van der Waals surface area contributed by atoms with Gasteiger partial charge < -0.3 is 5.32 Å². The molecule has 4 rings (SSSR count). The van der Waals surface area contributed by atoms with Crippen molar-refractivity contribution in [3.63, 3.8) is 0 Å². The molecule has 4 aromatic rings. The number of pyridine rings is 2. The van der Waals surface area contributed by atoms with E-state index in [-0.39, 0.29) is 17.4 Å². The number of aromatic nitrogens is 4. The molecule has 3 aromatic heterocycles. The summed E-state index contributed by atoms with van der Waals surface area (Å²) in [5.41, 5.74) is 2.39. The van der Waals surface area contributed by atoms with Gasteiger partial charge in [-0.3, -0.25) is 4.98 Å². The van der Waals surface area contributed by atoms with E-state index in [4.69, 9.17) is 11.6 Å². The number of benzene rings is 1. The van der Waals surface area contributed by atoms with Crippen LogP contribution in [0.15, 0.2) is 73.3 Å². The second-order valence-electron chi connectivity index (χ2n) is 6.42. The minimum atomic E-state index is -4.50. The van der Waals surface area contributed by atoms with Gasteiger partial charge >= 0.3 is 6.18 Å². The Balaban J connectivity index is 1.64. The molecular formula is C21H15ClF3N5. The minimum absolute atomic E-state index is 0.106. The highest BCUT2D eigenvalue weighted by molar-refractivity contribution is 6.32. The van der Waals surface area contributed by atoms with E-state index in [0.717, 1.165) is 34.8 Å². The summed E-state index contributed by atoms with van der Waals surface area (Å²) < 4.78 is 40.2. The smallest absolute Gasteiger partial charge is 0.365 e. The van der Waals surface area contributed by atoms with Gasteiger partial charge in [0, 0.05) is 42.5 Å². The van der Waals surface area contributed by atoms with Gasteiger partial charge in [0.2, 0.25) is 0 Å². The summed E-state index contributed by atoms with van der Waals surface area (Å²) in [6.07, 6.45) is 1.45. The van der Waals surface area contributed by atoms with E-state index >= 15 is 0 Å². The van der Waals surface area contributed by atoms with Crippen LogP contribution in [0, 0.1) is 0 Å². The summed E-state index contributed by atoms with van der Waals surface area (Å²) in [7, 11) is 0. The molecule has 1 N–H and O–H groups in total. The van der Waals surface area contributed by atoms with Crippen molar-refractivity contribution < 1.29 is 13.2 Å². The standard InChI is InChI=1S/C21H15ClF3N5/c22-18-10-16(21(23,24)25)12-28-20(18)27-11-15-13-30(17-4-2-1-3-5-17)29-19(15)14-6-8-26-9-7-14/h1-10,12-13H,11H2,(H,27,28). The Labute approximate surface area is 175 Å². The molecule has 0 saturated carbocycles. The fourth-order valence-corrected chi connectivity index (χ4v) is 3.14. The van der Waals surface area contributed by atoms with Gasteiger partial charge in [0.15, 0.2) is 0 Å². The van der Waals surface area contributed by atoms with Crippen LogP contribution in [0.4, 0.5) is 19.0 Å². The highest BCUT2D eigenvalue weighted by Crippen LogP contribution is 2.33. The van der Waals surface area contributed by atoms with Crippen molar-refractivity contribution in [2.24, 2.45) is 0 Å². The molecule has 0 aliphatic carbocycles. The normalized spacial score (nSPS) is 11.5. The second-order valence-corrected chi connectivity index (χ2v) is 6.83. The summed E-state index contributed by atoms with van der Waals surface area (Å²) in [5.74, 6) is 0.165. The highest BCUT2D eigenvalue weighted by Gasteiger charge is 2.31. The first-order chi connectivity index (χ1) is 14.4. The number of halogens is 4. The lowest BCUT2D eigenvalue weighted by molar-refractivity contribution is -0.137. The van der Waals surface area contributed by atoms with E-state index < -0.39 is 11.7 Å². The lowest BCUT2D eigenvalue weighted by atomic mass is 10.1. The average molecular weight is 430 g/mol. The van der Waals surface area contributed by atoms with Crippen LogP contribution < -0.4 is 5.32 Å². The van der Waals surface area contributed by atoms with Crippen LogP contribution >= 0.6 is 11.6 Å². The van der Waals surface area contributed by atoms with Crippen LogP contribution in [0.1, 0.15) is 11.1 Å². The van der Waals surface area contributed by atoms with Crippen LogP contribution in [0.5, 0.6) is 0 Å². The van der Waals surface area contributed by atoms with Gasteiger partial charge in [-0.2, -0.15) is 18.3 Å². The van der Waals surface area contributed by atoms with Crippen molar-refractivity contribution in [3.05, 3.63) is 89.5 Å². The summed E-state index contributed by atoms with van der Waals surface area (Å²) in [4.78, 5) is 7.86. The maximum Gasteiger partial charge on any atom is 0.417 e. The predicted octanol–water partition coefficient (Wildman–Crippen LogP) is 5.61. The summed E-state index contributed by atoms with van der Waals surface area (Å²) in [5, 5.41) is 7.58. The van der Waals surface area contributed by atoms with Gasteiger partial charge in [-0.25, -0.2) is 9.67 Å². The lowest BCUT2D eigenvalue weighted by Crippen LogP contribution is -2.08. The Hall–Kier alpha value is -3.39. The minimum Gasteiger partial charge on any atom is -0.365 e. The van der Waals surface area contributed by atoms with Gasteiger partial charge in [-0.15, -0.1) is 0 Å². The number of hydrogen-bond donors (Lipinski definition) is 1. The van der Waals surface area contributed by atoms with E-state index in [1.807, 2.05) is 48.7 Å². The molecule has 152 valence electrons. The first-order valence-corrected chi connectivity index (χ1v) is 9.30. The Morgan fingerprint density at radius 1 is 1.03 bits per heavy atom. The fourth-order valence-electron chi connectivity index (χ4n) is 2.91. The highest BCUT2D eigenvalue weighted by atomic mass is 35.5. The Bertz CT molecular complexity index is 1140. The van der Waals surface area contributed by atoms with Crippen LogP contribution in [0.3, 0.4) is 0 Å². The third kappa shape index (κ3) is 4.28. The maximum atomic E-state index is 12.8. The van der Waals surface area contributed by atoms with Crippen LogP contribution in [-0.2, 0) is 12.7 Å². The Kier molecular flexibility index (Phi) is 5.41. The molecule has 0 aliphatic heterocycles. The third-order valence-corrected chi connectivity index (χ3v) is 4.67. The average Bonchev–Trinajstić information content (AvgIpc) is 3.18. The van der Waals surface area contributed by atoms with E-state index in [9.17, 15) is 13.2 Å². The first kappa shape index (κ1) is 19.9. The molecule has 0 fully saturated rings. The predicted molar refractivity (Wildman–Crippen MR) is 108 cm³/mol. The fraction of sp³-hybridized carbons (Fsp3) is 0.0952. The largest absolute Gasteiger partial charge is 0.417 e. The number of nitrogens with one attached hydrogen (secondary N) is 1. The molecule has 0 amide bonds. The van der Waals surface area contributed by atoms with Crippen molar-refractivity contribution in [2.75, 3.05) is 5.32 Å². The van der Waals surface area contributed by atoms with E-state index in [0.29, 0.717) is 0 Å². The number of alkyl halides is 3. The van der Waals surface area contributed by atoms with Crippen molar-refractivity contribution in [1.82, 2.24) is 19.7 Å².